The van der Waals surface area contributed by atoms with Crippen LogP contribution in [0.25, 0.3) is 0 Å². The largest absolute Gasteiger partial charge is 0.405 e. The van der Waals surface area contributed by atoms with E-state index < -0.39 is 18.8 Å². The van der Waals surface area contributed by atoms with Crippen LogP contribution in [-0.2, 0) is 0 Å². The molecule has 90 valence electrons. The van der Waals surface area contributed by atoms with Crippen LogP contribution < -0.4 is 10.6 Å². The minimum Gasteiger partial charge on any atom is -0.338 e. The summed E-state index contributed by atoms with van der Waals surface area (Å²) < 4.78 is 40.0. The quantitative estimate of drug-likeness (QED) is 0.826. The molecule has 5 nitrogen and oxygen atoms in total. The first-order valence-electron chi connectivity index (χ1n) is 4.34. The molecule has 0 aliphatic heterocycles. The molecule has 0 aliphatic rings. The lowest BCUT2D eigenvalue weighted by Crippen LogP contribution is -2.36. The molecule has 1 aromatic rings. The molecule has 0 aliphatic carbocycles. The van der Waals surface area contributed by atoms with Gasteiger partial charge in [-0.3, -0.25) is 5.32 Å². The van der Waals surface area contributed by atoms with Crippen LogP contribution in [-0.4, -0.2) is 23.9 Å². The highest BCUT2D eigenvalue weighted by Gasteiger charge is 2.28. The van der Waals surface area contributed by atoms with E-state index in [9.17, 15) is 18.0 Å². The van der Waals surface area contributed by atoms with Gasteiger partial charge < -0.3 is 9.84 Å². The molecule has 0 aromatic carbocycles. The number of urea groups is 1. The van der Waals surface area contributed by atoms with E-state index in [4.69, 9.17) is 4.52 Å². The zero-order chi connectivity index (χ0) is 12.3. The van der Waals surface area contributed by atoms with Crippen molar-refractivity contribution in [2.24, 2.45) is 0 Å². The Kier molecular flexibility index (Phi) is 3.41. The van der Waals surface area contributed by atoms with Crippen molar-refractivity contribution in [3.63, 3.8) is 0 Å². The van der Waals surface area contributed by atoms with Crippen molar-refractivity contribution in [3.05, 3.63) is 11.3 Å². The number of aryl methyl sites for hydroxylation is 1. The van der Waals surface area contributed by atoms with Crippen molar-refractivity contribution in [2.45, 2.75) is 20.0 Å². The van der Waals surface area contributed by atoms with Gasteiger partial charge in [0.25, 0.3) is 0 Å². The zero-order valence-corrected chi connectivity index (χ0v) is 8.60. The summed E-state index contributed by atoms with van der Waals surface area (Å²) in [6, 6.07) is -0.989. The van der Waals surface area contributed by atoms with Gasteiger partial charge in [-0.05, 0) is 13.8 Å². The van der Waals surface area contributed by atoms with Gasteiger partial charge in [-0.1, -0.05) is 5.16 Å². The molecule has 1 heterocycles. The highest BCUT2D eigenvalue weighted by atomic mass is 19.4. The van der Waals surface area contributed by atoms with Crippen molar-refractivity contribution in [3.8, 4) is 0 Å². The Labute approximate surface area is 89.0 Å². The van der Waals surface area contributed by atoms with E-state index in [1.807, 2.05) is 0 Å². The predicted octanol–water partition coefficient (Wildman–Crippen LogP) is 1.98. The number of alkyl halides is 3. The van der Waals surface area contributed by atoms with Gasteiger partial charge in [-0.15, -0.1) is 0 Å². The second-order valence-electron chi connectivity index (χ2n) is 3.14. The number of hydrogen-bond acceptors (Lipinski definition) is 3. The van der Waals surface area contributed by atoms with Crippen molar-refractivity contribution in [1.82, 2.24) is 10.5 Å². The average molecular weight is 237 g/mol. The molecule has 0 spiro atoms. The predicted molar refractivity (Wildman–Crippen MR) is 49.1 cm³/mol. The lowest BCUT2D eigenvalue weighted by Gasteiger charge is -2.08. The maximum absolute atomic E-state index is 11.8. The molecule has 0 bridgehead atoms. The summed E-state index contributed by atoms with van der Waals surface area (Å²) in [6.45, 7) is 1.88. The maximum atomic E-state index is 11.8. The van der Waals surface area contributed by atoms with Crippen LogP contribution in [0, 0.1) is 13.8 Å². The normalized spacial score (nSPS) is 11.3. The maximum Gasteiger partial charge on any atom is 0.405 e. The molecule has 0 unspecified atom stereocenters. The molecule has 1 aromatic heterocycles. The van der Waals surface area contributed by atoms with Crippen LogP contribution in [0.2, 0.25) is 0 Å². The number of aromatic nitrogens is 1. The molecule has 8 heteroatoms. The monoisotopic (exact) mass is 237 g/mol. The summed E-state index contributed by atoms with van der Waals surface area (Å²) in [5.74, 6) is 0.0391. The summed E-state index contributed by atoms with van der Waals surface area (Å²) in [7, 11) is 0. The Balaban J connectivity index is 2.49. The topological polar surface area (TPSA) is 67.2 Å². The zero-order valence-electron chi connectivity index (χ0n) is 8.60. The van der Waals surface area contributed by atoms with Gasteiger partial charge in [0, 0.05) is 5.56 Å². The number of carbonyl (C=O) groups is 1. The second-order valence-corrected chi connectivity index (χ2v) is 3.14. The van der Waals surface area contributed by atoms with Crippen LogP contribution in [0.4, 0.5) is 23.8 Å². The van der Waals surface area contributed by atoms with E-state index in [1.165, 1.54) is 0 Å². The van der Waals surface area contributed by atoms with Crippen molar-refractivity contribution in [2.75, 3.05) is 11.9 Å². The average Bonchev–Trinajstić information content (AvgIpc) is 2.46. The lowest BCUT2D eigenvalue weighted by molar-refractivity contribution is -0.122. The summed E-state index contributed by atoms with van der Waals surface area (Å²) in [6.07, 6.45) is -4.44. The summed E-state index contributed by atoms with van der Waals surface area (Å²) in [4.78, 5) is 11.0. The molecule has 0 saturated heterocycles. The summed E-state index contributed by atoms with van der Waals surface area (Å²) in [5.41, 5.74) is 1.13. The first kappa shape index (κ1) is 12.3. The molecular weight excluding hydrogens is 227 g/mol. The SMILES string of the molecule is Cc1noc(NC(=O)NCC(F)(F)F)c1C. The van der Waals surface area contributed by atoms with Gasteiger partial charge in [0.1, 0.15) is 6.54 Å². The van der Waals surface area contributed by atoms with Crippen LogP contribution in [0.5, 0.6) is 0 Å². The molecule has 0 atom stereocenters. The van der Waals surface area contributed by atoms with Crippen molar-refractivity contribution in [1.29, 1.82) is 0 Å². The minimum absolute atomic E-state index is 0.0391. The van der Waals surface area contributed by atoms with Crippen molar-refractivity contribution < 1.29 is 22.5 Å². The van der Waals surface area contributed by atoms with E-state index in [-0.39, 0.29) is 5.88 Å². The van der Waals surface area contributed by atoms with Crippen LogP contribution in [0.1, 0.15) is 11.3 Å². The number of anilines is 1. The number of halogens is 3. The molecular formula is C8H10F3N3O2. The first-order valence-corrected chi connectivity index (χ1v) is 4.34. The highest BCUT2D eigenvalue weighted by Crippen LogP contribution is 2.17. The Morgan fingerprint density at radius 3 is 2.50 bits per heavy atom. The molecule has 2 N–H and O–H groups in total. The van der Waals surface area contributed by atoms with Gasteiger partial charge in [0.05, 0.1) is 5.69 Å². The third-order valence-electron chi connectivity index (χ3n) is 1.83. The van der Waals surface area contributed by atoms with Gasteiger partial charge >= 0.3 is 12.2 Å². The third kappa shape index (κ3) is 3.44. The number of carbonyl (C=O) groups excluding carboxylic acids is 1. The van der Waals surface area contributed by atoms with E-state index >= 15 is 0 Å². The van der Waals surface area contributed by atoms with Gasteiger partial charge in [0.15, 0.2) is 0 Å². The molecule has 16 heavy (non-hydrogen) atoms. The van der Waals surface area contributed by atoms with E-state index in [1.54, 1.807) is 19.2 Å². The molecule has 0 radical (unpaired) electrons. The van der Waals surface area contributed by atoms with E-state index in [2.05, 4.69) is 10.5 Å². The highest BCUT2D eigenvalue weighted by molar-refractivity contribution is 5.88. The number of amides is 2. The van der Waals surface area contributed by atoms with Gasteiger partial charge in [-0.25, -0.2) is 4.79 Å². The fourth-order valence-corrected chi connectivity index (χ4v) is 0.860. The number of nitrogens with one attached hydrogen (secondary N) is 2. The standard InChI is InChI=1S/C8H10F3N3O2/c1-4-5(2)14-16-6(4)13-7(15)12-3-8(9,10)11/h3H2,1-2H3,(H2,12,13,15). The van der Waals surface area contributed by atoms with Crippen LogP contribution in [0.3, 0.4) is 0 Å². The van der Waals surface area contributed by atoms with E-state index in [0.29, 0.717) is 11.3 Å². The van der Waals surface area contributed by atoms with Gasteiger partial charge in [0.2, 0.25) is 5.88 Å². The Hall–Kier alpha value is -1.73. The van der Waals surface area contributed by atoms with Gasteiger partial charge in [-0.2, -0.15) is 13.2 Å². The fourth-order valence-electron chi connectivity index (χ4n) is 0.860. The number of rotatable bonds is 2. The Morgan fingerprint density at radius 1 is 1.44 bits per heavy atom. The van der Waals surface area contributed by atoms with E-state index in [0.717, 1.165) is 0 Å². The van der Waals surface area contributed by atoms with Crippen LogP contribution >= 0.6 is 0 Å². The summed E-state index contributed by atoms with van der Waals surface area (Å²) >= 11 is 0. The second kappa shape index (κ2) is 4.42. The lowest BCUT2D eigenvalue weighted by atomic mass is 10.3. The fraction of sp³-hybridized carbons (Fsp3) is 0.500. The smallest absolute Gasteiger partial charge is 0.338 e. The van der Waals surface area contributed by atoms with Crippen LogP contribution in [0.15, 0.2) is 4.52 Å². The number of hydrogen-bond donors (Lipinski definition) is 2. The first-order chi connectivity index (χ1) is 7.29. The molecule has 0 fully saturated rings. The Bertz CT molecular complexity index is 386. The third-order valence-corrected chi connectivity index (χ3v) is 1.83. The molecule has 2 amide bonds. The Morgan fingerprint density at radius 2 is 2.06 bits per heavy atom. The van der Waals surface area contributed by atoms with Crippen molar-refractivity contribution >= 4 is 11.9 Å². The molecule has 0 saturated carbocycles. The number of nitrogens with zero attached hydrogens (tertiary/aromatic N) is 1. The molecule has 1 rings (SSSR count). The minimum atomic E-state index is -4.44. The summed E-state index contributed by atoms with van der Waals surface area (Å²) in [5, 5.41) is 7.31.